The first-order valence-corrected chi connectivity index (χ1v) is 22.9. The van der Waals surface area contributed by atoms with E-state index in [2.05, 4.69) is 257 Å². The molecule has 3 heterocycles. The average Bonchev–Trinajstić information content (AvgIpc) is 3.73. The lowest BCUT2D eigenvalue weighted by molar-refractivity contribution is 1.17. The molecule has 0 unspecified atom stereocenters. The van der Waals surface area contributed by atoms with Crippen molar-refractivity contribution >= 4 is 101 Å². The number of para-hydroxylation sites is 3. The molecule has 0 spiro atoms. The van der Waals surface area contributed by atoms with Crippen LogP contribution in [0.5, 0.6) is 0 Å². The van der Waals surface area contributed by atoms with Crippen LogP contribution >= 0.6 is 0 Å². The predicted molar refractivity (Wildman–Crippen MR) is 281 cm³/mol. The number of hydrogen-bond acceptors (Lipinski definition) is 2. The van der Waals surface area contributed by atoms with Crippen LogP contribution in [0.15, 0.2) is 243 Å². The summed E-state index contributed by atoms with van der Waals surface area (Å²) in [6.07, 6.45) is 0. The Balaban J connectivity index is 1.11. The predicted octanol–water partition coefficient (Wildman–Crippen LogP) is 14.5. The van der Waals surface area contributed by atoms with Gasteiger partial charge >= 0.3 is 0 Å². The van der Waals surface area contributed by atoms with E-state index in [-0.39, 0.29) is 6.71 Å². The van der Waals surface area contributed by atoms with Gasteiger partial charge in [0.25, 0.3) is 6.71 Å². The summed E-state index contributed by atoms with van der Waals surface area (Å²) in [6.45, 7) is -0.0348. The second kappa shape index (κ2) is 14.5. The fraction of sp³-hybridized carbons (Fsp3) is 0. The van der Waals surface area contributed by atoms with E-state index in [9.17, 15) is 0 Å². The zero-order valence-electron chi connectivity index (χ0n) is 36.0. The first-order valence-electron chi connectivity index (χ1n) is 22.9. The SMILES string of the molecule is c1ccc(-c2ccc3ccccc3c2N2c3ccccc3B3c4ccc(-n5c6ccccc6c6ccccc65)cc4N(c4c(-c5ccccc5)ccc5ccccc45)c4cccc2c43)cc1. The highest BCUT2D eigenvalue weighted by Gasteiger charge is 2.44. The van der Waals surface area contributed by atoms with Crippen LogP contribution in [0.1, 0.15) is 0 Å². The van der Waals surface area contributed by atoms with Crippen molar-refractivity contribution in [2.75, 3.05) is 9.80 Å². The fourth-order valence-electron chi connectivity index (χ4n) is 11.4. The van der Waals surface area contributed by atoms with Crippen LogP contribution < -0.4 is 26.2 Å². The zero-order chi connectivity index (χ0) is 43.3. The molecule has 0 fully saturated rings. The molecule has 4 heteroatoms. The van der Waals surface area contributed by atoms with E-state index < -0.39 is 0 Å². The van der Waals surface area contributed by atoms with Crippen molar-refractivity contribution < 1.29 is 0 Å². The summed E-state index contributed by atoms with van der Waals surface area (Å²) >= 11 is 0. The maximum atomic E-state index is 2.61. The fourth-order valence-corrected chi connectivity index (χ4v) is 11.4. The van der Waals surface area contributed by atoms with Gasteiger partial charge in [-0.05, 0) is 80.8 Å². The number of fused-ring (bicyclic) bond motifs is 9. The normalized spacial score (nSPS) is 12.8. The highest BCUT2D eigenvalue weighted by Crippen LogP contribution is 2.51. The lowest BCUT2D eigenvalue weighted by atomic mass is 9.33. The third-order valence-electron chi connectivity index (χ3n) is 14.1. The Morgan fingerprint density at radius 3 is 1.35 bits per heavy atom. The van der Waals surface area contributed by atoms with Crippen molar-refractivity contribution in [1.29, 1.82) is 0 Å². The van der Waals surface area contributed by atoms with Gasteiger partial charge in [0.1, 0.15) is 0 Å². The molecule has 0 aliphatic carbocycles. The van der Waals surface area contributed by atoms with Crippen LogP contribution in [0.4, 0.5) is 34.1 Å². The Labute approximate surface area is 383 Å². The summed E-state index contributed by atoms with van der Waals surface area (Å²) in [7, 11) is 0. The molecule has 66 heavy (non-hydrogen) atoms. The van der Waals surface area contributed by atoms with E-state index in [0.717, 1.165) is 5.69 Å². The minimum atomic E-state index is -0.0348. The monoisotopic (exact) mass is 837 g/mol. The molecule has 0 saturated carbocycles. The summed E-state index contributed by atoms with van der Waals surface area (Å²) in [5.41, 5.74) is 19.2. The van der Waals surface area contributed by atoms with Crippen LogP contribution in [0.2, 0.25) is 0 Å². The molecule has 0 amide bonds. The Hall–Kier alpha value is -8.60. The largest absolute Gasteiger partial charge is 0.310 e. The molecule has 0 radical (unpaired) electrons. The van der Waals surface area contributed by atoms with Crippen molar-refractivity contribution in [2.24, 2.45) is 0 Å². The number of aromatic nitrogens is 1. The molecule has 11 aromatic carbocycles. The second-order valence-electron chi connectivity index (χ2n) is 17.6. The van der Waals surface area contributed by atoms with Crippen LogP contribution in [0.25, 0.3) is 71.3 Å². The van der Waals surface area contributed by atoms with E-state index >= 15 is 0 Å². The summed E-state index contributed by atoms with van der Waals surface area (Å²) in [5, 5.41) is 7.34. The summed E-state index contributed by atoms with van der Waals surface area (Å²) in [5.74, 6) is 0. The minimum Gasteiger partial charge on any atom is -0.310 e. The molecule has 0 bridgehead atoms. The van der Waals surface area contributed by atoms with Crippen molar-refractivity contribution in [1.82, 2.24) is 4.57 Å². The molecule has 2 aliphatic heterocycles. The van der Waals surface area contributed by atoms with Gasteiger partial charge in [0, 0.05) is 61.1 Å². The van der Waals surface area contributed by atoms with Gasteiger partial charge in [0.05, 0.1) is 22.4 Å². The molecule has 0 atom stereocenters. The number of hydrogen-bond donors (Lipinski definition) is 0. The molecule has 2 aliphatic rings. The van der Waals surface area contributed by atoms with Gasteiger partial charge in [0.2, 0.25) is 0 Å². The van der Waals surface area contributed by atoms with Gasteiger partial charge in [-0.2, -0.15) is 0 Å². The molecule has 12 aromatic rings. The second-order valence-corrected chi connectivity index (χ2v) is 17.6. The first kappa shape index (κ1) is 36.8. The van der Waals surface area contributed by atoms with Crippen molar-refractivity contribution in [3.05, 3.63) is 243 Å². The molecular weight excluding hydrogens is 798 g/mol. The van der Waals surface area contributed by atoms with Crippen LogP contribution in [0, 0.1) is 0 Å². The lowest BCUT2D eigenvalue weighted by Gasteiger charge is -2.45. The van der Waals surface area contributed by atoms with Gasteiger partial charge in [-0.3, -0.25) is 0 Å². The van der Waals surface area contributed by atoms with Gasteiger partial charge in [-0.15, -0.1) is 0 Å². The van der Waals surface area contributed by atoms with Gasteiger partial charge in [-0.25, -0.2) is 0 Å². The smallest absolute Gasteiger partial charge is 0.252 e. The molecule has 1 aromatic heterocycles. The molecule has 0 saturated heterocycles. The van der Waals surface area contributed by atoms with Gasteiger partial charge < -0.3 is 14.4 Å². The van der Waals surface area contributed by atoms with Crippen molar-refractivity contribution in [3.63, 3.8) is 0 Å². The van der Waals surface area contributed by atoms with E-state index in [1.165, 1.54) is 116 Å². The maximum absolute atomic E-state index is 2.61. The van der Waals surface area contributed by atoms with Crippen LogP contribution in [0.3, 0.4) is 0 Å². The molecular formula is C62H40BN3. The molecule has 0 N–H and O–H groups in total. The number of benzene rings is 11. The topological polar surface area (TPSA) is 11.4 Å². The Morgan fingerprint density at radius 1 is 0.303 bits per heavy atom. The summed E-state index contributed by atoms with van der Waals surface area (Å²) in [6, 6.07) is 89.8. The summed E-state index contributed by atoms with van der Waals surface area (Å²) in [4.78, 5) is 5.19. The van der Waals surface area contributed by atoms with E-state index in [0.29, 0.717) is 0 Å². The molecule has 306 valence electrons. The number of anilines is 6. The van der Waals surface area contributed by atoms with Crippen LogP contribution in [-0.2, 0) is 0 Å². The first-order chi connectivity index (χ1) is 32.8. The Kier molecular flexibility index (Phi) is 8.08. The average molecular weight is 838 g/mol. The molecule has 3 nitrogen and oxygen atoms in total. The quantitative estimate of drug-likeness (QED) is 0.160. The molecule has 14 rings (SSSR count). The third kappa shape index (κ3) is 5.33. The van der Waals surface area contributed by atoms with Crippen molar-refractivity contribution in [3.8, 4) is 27.9 Å². The Morgan fingerprint density at radius 2 is 0.758 bits per heavy atom. The standard InChI is InChI=1S/C62H40BN3/c1-3-18-41(19-4-1)48-37-34-43-22-7-9-24-46(43)61(48)65-56-31-16-13-28-52(56)63-53-39-36-45(64-54-29-14-11-26-50(54)51-27-12-15-30-55(51)64)40-59(53)66(58-33-17-32-57(65)60(58)63)62-47-25-10-8-23-44(47)35-38-49(62)42-20-5-2-6-21-42/h1-40H. The lowest BCUT2D eigenvalue weighted by Crippen LogP contribution is -2.61. The van der Waals surface area contributed by atoms with Crippen molar-refractivity contribution in [2.45, 2.75) is 0 Å². The van der Waals surface area contributed by atoms with E-state index in [1.54, 1.807) is 0 Å². The zero-order valence-corrected chi connectivity index (χ0v) is 36.0. The van der Waals surface area contributed by atoms with E-state index in [1.807, 2.05) is 0 Å². The summed E-state index contributed by atoms with van der Waals surface area (Å²) < 4.78 is 2.46. The Bertz CT molecular complexity index is 3860. The van der Waals surface area contributed by atoms with Gasteiger partial charge in [-0.1, -0.05) is 200 Å². The third-order valence-corrected chi connectivity index (χ3v) is 14.1. The highest BCUT2D eigenvalue weighted by molar-refractivity contribution is 7.00. The number of nitrogens with zero attached hydrogens (tertiary/aromatic N) is 3. The maximum Gasteiger partial charge on any atom is 0.252 e. The highest BCUT2D eigenvalue weighted by atomic mass is 15.2. The minimum absolute atomic E-state index is 0.0348. The number of rotatable bonds is 5. The van der Waals surface area contributed by atoms with E-state index in [4.69, 9.17) is 0 Å². The van der Waals surface area contributed by atoms with Crippen LogP contribution in [-0.4, -0.2) is 11.3 Å². The van der Waals surface area contributed by atoms with Gasteiger partial charge in [0.15, 0.2) is 0 Å².